The lowest BCUT2D eigenvalue weighted by Gasteiger charge is -2.28. The van der Waals surface area contributed by atoms with Crippen LogP contribution < -0.4 is 0 Å². The van der Waals surface area contributed by atoms with Gasteiger partial charge in [0, 0.05) is 25.2 Å². The Kier molecular flexibility index (Phi) is 5.75. The Morgan fingerprint density at radius 1 is 1.32 bits per heavy atom. The number of thiophene rings is 1. The molecule has 2 amide bonds. The van der Waals surface area contributed by atoms with Crippen molar-refractivity contribution in [2.75, 3.05) is 25.4 Å². The molecule has 0 spiro atoms. The summed E-state index contributed by atoms with van der Waals surface area (Å²) in [5.74, 6) is 0.0664. The Balaban J connectivity index is 1.66. The average molecular weight is 378 g/mol. The standard InChI is InChI=1S/C18H19FN2O2S2/c1-2-20(17(23)13-3-5-15(19)6-4-13)8-9-21-16(22)12-25-18(21)14-7-10-24-11-14/h3-7,10-11,18H,2,8-9,12H2,1H3/t18-/m1/s1. The first-order valence-electron chi connectivity index (χ1n) is 8.08. The Labute approximate surface area is 154 Å². The normalized spacial score (nSPS) is 17.1. The first-order chi connectivity index (χ1) is 12.1. The van der Waals surface area contributed by atoms with Crippen LogP contribution in [0.3, 0.4) is 0 Å². The van der Waals surface area contributed by atoms with Gasteiger partial charge in [0.1, 0.15) is 11.2 Å². The fourth-order valence-electron chi connectivity index (χ4n) is 2.79. The van der Waals surface area contributed by atoms with Crippen LogP contribution in [0.5, 0.6) is 0 Å². The average Bonchev–Trinajstić information content (AvgIpc) is 3.26. The summed E-state index contributed by atoms with van der Waals surface area (Å²) < 4.78 is 13.0. The van der Waals surface area contributed by atoms with Crippen molar-refractivity contribution in [1.29, 1.82) is 0 Å². The van der Waals surface area contributed by atoms with Crippen molar-refractivity contribution in [2.45, 2.75) is 12.3 Å². The van der Waals surface area contributed by atoms with Crippen molar-refractivity contribution in [3.8, 4) is 0 Å². The van der Waals surface area contributed by atoms with Gasteiger partial charge in [0.25, 0.3) is 5.91 Å². The Morgan fingerprint density at radius 2 is 2.08 bits per heavy atom. The molecule has 25 heavy (non-hydrogen) atoms. The van der Waals surface area contributed by atoms with Crippen molar-refractivity contribution in [1.82, 2.24) is 9.80 Å². The first-order valence-corrected chi connectivity index (χ1v) is 10.1. The van der Waals surface area contributed by atoms with Gasteiger partial charge in [0.05, 0.1) is 5.75 Å². The third kappa shape index (κ3) is 4.04. The van der Waals surface area contributed by atoms with Crippen LogP contribution in [0.1, 0.15) is 28.2 Å². The Bertz CT molecular complexity index is 734. The molecule has 1 fully saturated rings. The molecular weight excluding hydrogens is 359 g/mol. The minimum Gasteiger partial charge on any atom is -0.337 e. The third-order valence-corrected chi connectivity index (χ3v) is 6.12. The van der Waals surface area contributed by atoms with Crippen LogP contribution in [-0.4, -0.2) is 47.0 Å². The molecule has 0 radical (unpaired) electrons. The summed E-state index contributed by atoms with van der Waals surface area (Å²) in [4.78, 5) is 28.3. The summed E-state index contributed by atoms with van der Waals surface area (Å²) >= 11 is 3.24. The summed E-state index contributed by atoms with van der Waals surface area (Å²) in [6.45, 7) is 3.39. The lowest BCUT2D eigenvalue weighted by molar-refractivity contribution is -0.128. The summed E-state index contributed by atoms with van der Waals surface area (Å²) in [5.41, 5.74) is 1.59. The van der Waals surface area contributed by atoms with Crippen LogP contribution in [0, 0.1) is 5.82 Å². The molecular formula is C18H19FN2O2S2. The minimum atomic E-state index is -0.363. The van der Waals surface area contributed by atoms with Crippen molar-refractivity contribution >= 4 is 34.9 Å². The van der Waals surface area contributed by atoms with E-state index in [0.29, 0.717) is 31.0 Å². The van der Waals surface area contributed by atoms with Crippen molar-refractivity contribution < 1.29 is 14.0 Å². The molecule has 2 aromatic rings. The molecule has 1 saturated heterocycles. The molecule has 1 aromatic carbocycles. The van der Waals surface area contributed by atoms with Crippen molar-refractivity contribution in [3.63, 3.8) is 0 Å². The second kappa shape index (κ2) is 8.01. The molecule has 1 aliphatic rings. The molecule has 0 saturated carbocycles. The Hall–Kier alpha value is -1.86. The number of rotatable bonds is 6. The molecule has 1 aromatic heterocycles. The third-order valence-electron chi connectivity index (χ3n) is 4.17. The van der Waals surface area contributed by atoms with Crippen molar-refractivity contribution in [3.05, 3.63) is 58.0 Å². The van der Waals surface area contributed by atoms with Crippen molar-refractivity contribution in [2.24, 2.45) is 0 Å². The predicted octanol–water partition coefficient (Wildman–Crippen LogP) is 3.62. The number of benzene rings is 1. The van der Waals surface area contributed by atoms with Gasteiger partial charge < -0.3 is 9.80 Å². The zero-order valence-electron chi connectivity index (χ0n) is 13.9. The van der Waals surface area contributed by atoms with E-state index in [2.05, 4.69) is 5.38 Å². The second-order valence-electron chi connectivity index (χ2n) is 5.70. The van der Waals surface area contributed by atoms with Gasteiger partial charge >= 0.3 is 0 Å². The number of carbonyl (C=O) groups is 2. The molecule has 1 aliphatic heterocycles. The van der Waals surface area contributed by atoms with Crippen LogP contribution >= 0.6 is 23.1 Å². The van der Waals surface area contributed by atoms with Gasteiger partial charge in [-0.3, -0.25) is 9.59 Å². The van der Waals surface area contributed by atoms with Crippen LogP contribution in [0.15, 0.2) is 41.1 Å². The van der Waals surface area contributed by atoms with E-state index in [4.69, 9.17) is 0 Å². The van der Waals surface area contributed by atoms with E-state index in [9.17, 15) is 14.0 Å². The van der Waals surface area contributed by atoms with E-state index in [-0.39, 0.29) is 23.0 Å². The van der Waals surface area contributed by atoms with Crippen LogP contribution in [0.4, 0.5) is 4.39 Å². The molecule has 0 N–H and O–H groups in total. The second-order valence-corrected chi connectivity index (χ2v) is 7.55. The van der Waals surface area contributed by atoms with Crippen LogP contribution in [-0.2, 0) is 4.79 Å². The van der Waals surface area contributed by atoms with Crippen LogP contribution in [0.25, 0.3) is 0 Å². The molecule has 1 atom stereocenters. The maximum absolute atomic E-state index is 13.0. The maximum atomic E-state index is 13.0. The number of hydrogen-bond acceptors (Lipinski definition) is 4. The van der Waals surface area contributed by atoms with E-state index in [1.54, 1.807) is 28.0 Å². The molecule has 3 rings (SSSR count). The summed E-state index contributed by atoms with van der Waals surface area (Å²) in [7, 11) is 0. The van der Waals surface area contributed by atoms with Gasteiger partial charge in [0.15, 0.2) is 0 Å². The molecule has 0 aliphatic carbocycles. The number of thioether (sulfide) groups is 1. The zero-order valence-corrected chi connectivity index (χ0v) is 15.5. The molecule has 0 bridgehead atoms. The number of carbonyl (C=O) groups excluding carboxylic acids is 2. The van der Waals surface area contributed by atoms with Gasteiger partial charge in [-0.1, -0.05) is 0 Å². The van der Waals surface area contributed by atoms with Crippen LogP contribution in [0.2, 0.25) is 0 Å². The van der Waals surface area contributed by atoms with E-state index in [0.717, 1.165) is 5.56 Å². The van der Waals surface area contributed by atoms with E-state index < -0.39 is 0 Å². The number of halogens is 1. The number of nitrogens with zero attached hydrogens (tertiary/aromatic N) is 2. The smallest absolute Gasteiger partial charge is 0.253 e. The summed E-state index contributed by atoms with van der Waals surface area (Å²) in [6.07, 6.45) is 0. The van der Waals surface area contributed by atoms with Gasteiger partial charge in [-0.2, -0.15) is 11.3 Å². The molecule has 132 valence electrons. The fraction of sp³-hybridized carbons (Fsp3) is 0.333. The quantitative estimate of drug-likeness (QED) is 0.771. The highest BCUT2D eigenvalue weighted by atomic mass is 32.2. The highest BCUT2D eigenvalue weighted by Gasteiger charge is 2.33. The SMILES string of the molecule is CCN(CCN1C(=O)CS[C@@H]1c1ccsc1)C(=O)c1ccc(F)cc1. The topological polar surface area (TPSA) is 40.6 Å². The van der Waals surface area contributed by atoms with Gasteiger partial charge in [-0.05, 0) is 53.6 Å². The van der Waals surface area contributed by atoms with Gasteiger partial charge in [0.2, 0.25) is 5.91 Å². The highest BCUT2D eigenvalue weighted by Crippen LogP contribution is 2.39. The molecule has 4 nitrogen and oxygen atoms in total. The Morgan fingerprint density at radius 3 is 2.72 bits per heavy atom. The monoisotopic (exact) mass is 378 g/mol. The largest absolute Gasteiger partial charge is 0.337 e. The number of amides is 2. The number of likely N-dealkylation sites (N-methyl/N-ethyl adjacent to an activating group) is 1. The van der Waals surface area contributed by atoms with E-state index >= 15 is 0 Å². The van der Waals surface area contributed by atoms with Gasteiger partial charge in [-0.15, -0.1) is 11.8 Å². The first kappa shape index (κ1) is 17.9. The van der Waals surface area contributed by atoms with E-state index in [1.807, 2.05) is 23.3 Å². The van der Waals surface area contributed by atoms with E-state index in [1.165, 1.54) is 24.3 Å². The summed E-state index contributed by atoms with van der Waals surface area (Å²) in [6, 6.07) is 7.59. The molecule has 7 heteroatoms. The number of hydrogen-bond donors (Lipinski definition) is 0. The molecule has 0 unspecified atom stereocenters. The summed E-state index contributed by atoms with van der Waals surface area (Å²) in [5, 5.41) is 4.09. The lowest BCUT2D eigenvalue weighted by Crippen LogP contribution is -2.40. The highest BCUT2D eigenvalue weighted by molar-refractivity contribution is 8.00. The van der Waals surface area contributed by atoms with Gasteiger partial charge in [-0.25, -0.2) is 4.39 Å². The zero-order chi connectivity index (χ0) is 17.8. The minimum absolute atomic E-state index is 0.0263. The molecule has 2 heterocycles. The predicted molar refractivity (Wildman–Crippen MR) is 99.2 cm³/mol. The maximum Gasteiger partial charge on any atom is 0.253 e. The fourth-order valence-corrected chi connectivity index (χ4v) is 4.77. The lowest BCUT2D eigenvalue weighted by atomic mass is 10.2.